The maximum Gasteiger partial charge on any atom is 0.191 e. The second-order valence-electron chi connectivity index (χ2n) is 5.36. The van der Waals surface area contributed by atoms with E-state index in [9.17, 15) is 12.8 Å². The molecule has 0 heterocycles. The van der Waals surface area contributed by atoms with E-state index >= 15 is 0 Å². The number of hydrogen-bond acceptors (Lipinski definition) is 4. The molecule has 0 fully saturated rings. The van der Waals surface area contributed by atoms with Gasteiger partial charge in [-0.15, -0.1) is 0 Å². The van der Waals surface area contributed by atoms with Crippen LogP contribution in [0.1, 0.15) is 18.9 Å². The molecule has 1 aromatic rings. The molecule has 1 aromatic carbocycles. The van der Waals surface area contributed by atoms with Crippen LogP contribution in [0.25, 0.3) is 0 Å². The summed E-state index contributed by atoms with van der Waals surface area (Å²) in [4.78, 5) is 4.07. The summed E-state index contributed by atoms with van der Waals surface area (Å²) in [5, 5.41) is 6.16. The largest absolute Gasteiger partial charge is 0.494 e. The Labute approximate surface area is 137 Å². The van der Waals surface area contributed by atoms with Crippen LogP contribution >= 0.6 is 0 Å². The molecule has 0 aliphatic rings. The number of methoxy groups -OCH3 is 1. The molecule has 1 rings (SSSR count). The number of hydrogen-bond donors (Lipinski definition) is 2. The second kappa shape index (κ2) is 8.71. The highest BCUT2D eigenvalue weighted by atomic mass is 32.2. The molecule has 1 unspecified atom stereocenters. The first-order chi connectivity index (χ1) is 10.7. The Kier molecular flexibility index (Phi) is 7.28. The van der Waals surface area contributed by atoms with Crippen molar-refractivity contribution in [1.82, 2.24) is 10.6 Å². The third kappa shape index (κ3) is 7.32. The van der Waals surface area contributed by atoms with Crippen molar-refractivity contribution in [3.8, 4) is 5.75 Å². The van der Waals surface area contributed by atoms with Gasteiger partial charge in [0, 0.05) is 25.9 Å². The molecule has 0 spiro atoms. The van der Waals surface area contributed by atoms with E-state index in [2.05, 4.69) is 15.6 Å². The SMILES string of the molecule is CN=C(NCc1ccc(OC)c(F)c1)NC(C)CCS(C)(=O)=O. The van der Waals surface area contributed by atoms with Crippen LogP contribution in [-0.4, -0.2) is 46.6 Å². The van der Waals surface area contributed by atoms with Crippen LogP contribution in [0.5, 0.6) is 5.75 Å². The molecule has 0 aromatic heterocycles. The highest BCUT2D eigenvalue weighted by Crippen LogP contribution is 2.17. The number of ether oxygens (including phenoxy) is 1. The quantitative estimate of drug-likeness (QED) is 0.576. The number of rotatable bonds is 7. The Balaban J connectivity index is 2.52. The van der Waals surface area contributed by atoms with E-state index in [-0.39, 0.29) is 17.5 Å². The summed E-state index contributed by atoms with van der Waals surface area (Å²) in [6, 6.07) is 4.67. The summed E-state index contributed by atoms with van der Waals surface area (Å²) in [7, 11) is 0.0528. The molecule has 0 saturated heterocycles. The van der Waals surface area contributed by atoms with E-state index < -0.39 is 15.7 Å². The minimum absolute atomic E-state index is 0.0523. The van der Waals surface area contributed by atoms with Crippen molar-refractivity contribution in [3.05, 3.63) is 29.6 Å². The predicted molar refractivity (Wildman–Crippen MR) is 90.1 cm³/mol. The van der Waals surface area contributed by atoms with Crippen LogP contribution in [0.2, 0.25) is 0 Å². The molecule has 8 heteroatoms. The fourth-order valence-corrected chi connectivity index (χ4v) is 2.68. The lowest BCUT2D eigenvalue weighted by molar-refractivity contribution is 0.386. The summed E-state index contributed by atoms with van der Waals surface area (Å²) in [6.45, 7) is 2.27. The Morgan fingerprint density at radius 3 is 2.65 bits per heavy atom. The third-order valence-corrected chi connectivity index (χ3v) is 4.18. The summed E-state index contributed by atoms with van der Waals surface area (Å²) < 4.78 is 40.8. The molecule has 1 atom stereocenters. The van der Waals surface area contributed by atoms with Gasteiger partial charge in [0.2, 0.25) is 0 Å². The lowest BCUT2D eigenvalue weighted by atomic mass is 10.2. The maximum absolute atomic E-state index is 13.6. The molecule has 0 aliphatic heterocycles. The van der Waals surface area contributed by atoms with Gasteiger partial charge in [-0.3, -0.25) is 4.99 Å². The number of nitrogens with zero attached hydrogens (tertiary/aromatic N) is 1. The average Bonchev–Trinajstić information content (AvgIpc) is 2.48. The highest BCUT2D eigenvalue weighted by molar-refractivity contribution is 7.90. The summed E-state index contributed by atoms with van der Waals surface area (Å²) in [5.41, 5.74) is 0.745. The van der Waals surface area contributed by atoms with Crippen LogP contribution < -0.4 is 15.4 Å². The average molecular weight is 345 g/mol. The Bertz CT molecular complexity index is 647. The minimum Gasteiger partial charge on any atom is -0.494 e. The van der Waals surface area contributed by atoms with Gasteiger partial charge in [0.25, 0.3) is 0 Å². The highest BCUT2D eigenvalue weighted by Gasteiger charge is 2.10. The Morgan fingerprint density at radius 1 is 1.43 bits per heavy atom. The van der Waals surface area contributed by atoms with Crippen LogP contribution in [0, 0.1) is 5.82 Å². The van der Waals surface area contributed by atoms with Gasteiger partial charge in [-0.25, -0.2) is 12.8 Å². The molecular weight excluding hydrogens is 321 g/mol. The number of sulfone groups is 1. The van der Waals surface area contributed by atoms with Crippen molar-refractivity contribution < 1.29 is 17.5 Å². The van der Waals surface area contributed by atoms with Crippen molar-refractivity contribution in [1.29, 1.82) is 0 Å². The zero-order valence-electron chi connectivity index (χ0n) is 13.9. The predicted octanol–water partition coefficient (Wildman–Crippen LogP) is 1.32. The van der Waals surface area contributed by atoms with Crippen molar-refractivity contribution >= 4 is 15.8 Å². The smallest absolute Gasteiger partial charge is 0.191 e. The summed E-state index contributed by atoms with van der Waals surface area (Å²) in [6.07, 6.45) is 1.70. The van der Waals surface area contributed by atoms with Gasteiger partial charge in [0.05, 0.1) is 12.9 Å². The molecule has 0 bridgehead atoms. The first-order valence-corrected chi connectivity index (χ1v) is 9.28. The fourth-order valence-electron chi connectivity index (χ4n) is 1.90. The van der Waals surface area contributed by atoms with Crippen molar-refractivity contribution in [2.45, 2.75) is 25.9 Å². The number of nitrogens with one attached hydrogen (secondary N) is 2. The van der Waals surface area contributed by atoms with Crippen molar-refractivity contribution in [2.75, 3.05) is 26.2 Å². The van der Waals surface area contributed by atoms with Crippen LogP contribution in [0.4, 0.5) is 4.39 Å². The molecule has 0 saturated carbocycles. The van der Waals surface area contributed by atoms with Crippen molar-refractivity contribution in [3.63, 3.8) is 0 Å². The van der Waals surface area contributed by atoms with Crippen LogP contribution in [0.3, 0.4) is 0 Å². The molecule has 6 nitrogen and oxygen atoms in total. The van der Waals surface area contributed by atoms with E-state index in [4.69, 9.17) is 4.74 Å². The van der Waals surface area contributed by atoms with Crippen LogP contribution in [-0.2, 0) is 16.4 Å². The lowest BCUT2D eigenvalue weighted by Gasteiger charge is -2.17. The molecule has 0 amide bonds. The first-order valence-electron chi connectivity index (χ1n) is 7.22. The number of aliphatic imine (C=N–C) groups is 1. The van der Waals surface area contributed by atoms with E-state index in [0.29, 0.717) is 18.9 Å². The lowest BCUT2D eigenvalue weighted by Crippen LogP contribution is -2.42. The maximum atomic E-state index is 13.6. The molecular formula is C15H24FN3O3S. The van der Waals surface area contributed by atoms with Gasteiger partial charge in [-0.2, -0.15) is 0 Å². The number of benzene rings is 1. The third-order valence-electron chi connectivity index (χ3n) is 3.20. The first kappa shape index (κ1) is 19.2. The molecule has 0 aliphatic carbocycles. The van der Waals surface area contributed by atoms with Gasteiger partial charge in [0.15, 0.2) is 17.5 Å². The monoisotopic (exact) mass is 345 g/mol. The molecule has 0 radical (unpaired) electrons. The summed E-state index contributed by atoms with van der Waals surface area (Å²) in [5.74, 6) is 0.422. The topological polar surface area (TPSA) is 79.8 Å². The number of halogens is 1. The normalized spacial score (nSPS) is 13.5. The molecule has 23 heavy (non-hydrogen) atoms. The van der Waals surface area contributed by atoms with Gasteiger partial charge in [-0.05, 0) is 31.0 Å². The van der Waals surface area contributed by atoms with Crippen LogP contribution in [0.15, 0.2) is 23.2 Å². The minimum atomic E-state index is -2.98. The Morgan fingerprint density at radius 2 is 2.13 bits per heavy atom. The molecule has 130 valence electrons. The second-order valence-corrected chi connectivity index (χ2v) is 7.62. The van der Waals surface area contributed by atoms with E-state index in [1.54, 1.807) is 19.2 Å². The van der Waals surface area contributed by atoms with E-state index in [1.165, 1.54) is 19.4 Å². The Hall–Kier alpha value is -1.83. The zero-order valence-corrected chi connectivity index (χ0v) is 14.7. The van der Waals surface area contributed by atoms with Crippen molar-refractivity contribution in [2.24, 2.45) is 4.99 Å². The van der Waals surface area contributed by atoms with Gasteiger partial charge in [0.1, 0.15) is 9.84 Å². The standard InChI is InChI=1S/C15H24FN3O3S/c1-11(7-8-23(4,20)21)19-15(17-2)18-10-12-5-6-14(22-3)13(16)9-12/h5-6,9,11H,7-8,10H2,1-4H3,(H2,17,18,19). The van der Waals surface area contributed by atoms with Gasteiger partial charge < -0.3 is 15.4 Å². The number of guanidine groups is 1. The van der Waals surface area contributed by atoms with Gasteiger partial charge >= 0.3 is 0 Å². The molecule has 2 N–H and O–H groups in total. The van der Waals surface area contributed by atoms with E-state index in [1.807, 2.05) is 6.92 Å². The van der Waals surface area contributed by atoms with Gasteiger partial charge in [-0.1, -0.05) is 6.07 Å². The fraction of sp³-hybridized carbons (Fsp3) is 0.533. The summed E-state index contributed by atoms with van der Waals surface area (Å²) >= 11 is 0. The van der Waals surface area contributed by atoms with E-state index in [0.717, 1.165) is 5.56 Å². The zero-order chi connectivity index (χ0) is 17.5.